The Bertz CT molecular complexity index is 96.3. The van der Waals surface area contributed by atoms with Crippen LogP contribution in [0, 0.1) is 0 Å². The highest BCUT2D eigenvalue weighted by Gasteiger charge is 2.30. The van der Waals surface area contributed by atoms with E-state index in [1.165, 1.54) is 0 Å². The lowest BCUT2D eigenvalue weighted by Crippen LogP contribution is -1.68. The maximum atomic E-state index is 4.90. The topological polar surface area (TPSA) is 25.1 Å². The van der Waals surface area contributed by atoms with E-state index in [4.69, 9.17) is 9.47 Å². The molecule has 0 aromatic carbocycles. The summed E-state index contributed by atoms with van der Waals surface area (Å²) in [6.45, 7) is 4.09. The van der Waals surface area contributed by atoms with E-state index in [9.17, 15) is 0 Å². The molecule has 4 atom stereocenters. The first kappa shape index (κ1) is 9.22. The Kier molecular flexibility index (Phi) is 3.40. The first-order valence-corrected chi connectivity index (χ1v) is 5.36. The summed E-state index contributed by atoms with van der Waals surface area (Å²) >= 11 is 5.48. The first-order valence-electron chi connectivity index (χ1n) is 3.20. The lowest BCUT2D eigenvalue weighted by molar-refractivity contribution is 0.415. The third-order valence-electron chi connectivity index (χ3n) is 1.27. The number of alkyl halides is 2. The van der Waals surface area contributed by atoms with E-state index in [2.05, 4.69) is 45.4 Å². The average molecular weight is 321 g/mol. The molecule has 0 N–H and O–H groups in total. The van der Waals surface area contributed by atoms with Crippen molar-refractivity contribution in [1.82, 2.24) is 0 Å². The predicted molar refractivity (Wildman–Crippen MR) is 51.6 cm³/mol. The molecule has 2 heterocycles. The van der Waals surface area contributed by atoms with E-state index in [0.717, 1.165) is 0 Å². The predicted octanol–water partition coefficient (Wildman–Crippen LogP) is 2.29. The molecule has 0 spiro atoms. The first-order chi connectivity index (χ1) is 4.61. The van der Waals surface area contributed by atoms with Crippen LogP contribution < -0.4 is 0 Å². The number of hydrogen-bond donors (Lipinski definition) is 0. The number of rotatable bonds is 0. The van der Waals surface area contributed by atoms with Gasteiger partial charge in [0.2, 0.25) is 0 Å². The van der Waals surface area contributed by atoms with Crippen LogP contribution in [-0.2, 0) is 9.47 Å². The van der Waals surface area contributed by atoms with Crippen LogP contribution in [0.4, 0.5) is 0 Å². The quantitative estimate of drug-likeness (QED) is 0.389. The highest BCUT2D eigenvalue weighted by atomic mass is 127. The SMILES string of the molecule is CC1OC1Br.CC1OC1I. The van der Waals surface area contributed by atoms with Crippen LogP contribution in [0.1, 0.15) is 13.8 Å². The molecule has 4 heteroatoms. The molecule has 0 aromatic rings. The van der Waals surface area contributed by atoms with Crippen LogP contribution in [0.2, 0.25) is 0 Å². The highest BCUT2D eigenvalue weighted by Crippen LogP contribution is 2.26. The Morgan fingerprint density at radius 1 is 1.20 bits per heavy atom. The lowest BCUT2D eigenvalue weighted by Gasteiger charge is -1.55. The summed E-state index contributed by atoms with van der Waals surface area (Å²) in [5.74, 6) is 0. The molecule has 60 valence electrons. The highest BCUT2D eigenvalue weighted by molar-refractivity contribution is 14.1. The summed E-state index contributed by atoms with van der Waals surface area (Å²) < 4.78 is 10.3. The van der Waals surface area contributed by atoms with Gasteiger partial charge in [0.05, 0.1) is 12.2 Å². The molecule has 0 aliphatic carbocycles. The molecule has 2 aliphatic rings. The van der Waals surface area contributed by atoms with E-state index in [1.807, 2.05) is 6.92 Å². The zero-order chi connectivity index (χ0) is 7.72. The van der Waals surface area contributed by atoms with Gasteiger partial charge in [-0.2, -0.15) is 0 Å². The van der Waals surface area contributed by atoms with Crippen molar-refractivity contribution in [2.75, 3.05) is 0 Å². The van der Waals surface area contributed by atoms with Gasteiger partial charge in [-0.05, 0) is 36.4 Å². The zero-order valence-corrected chi connectivity index (χ0v) is 9.63. The molecular weight excluding hydrogens is 311 g/mol. The van der Waals surface area contributed by atoms with Gasteiger partial charge in [-0.25, -0.2) is 0 Å². The fraction of sp³-hybridized carbons (Fsp3) is 1.00. The molecule has 0 amide bonds. The van der Waals surface area contributed by atoms with Crippen LogP contribution in [-0.4, -0.2) is 21.3 Å². The van der Waals surface area contributed by atoms with Crippen molar-refractivity contribution >= 4 is 38.5 Å². The molecule has 0 aromatic heterocycles. The maximum absolute atomic E-state index is 4.90. The number of ether oxygens (including phenoxy) is 2. The second-order valence-corrected chi connectivity index (χ2v) is 4.51. The molecule has 4 unspecified atom stereocenters. The minimum atomic E-state index is 0.363. The van der Waals surface area contributed by atoms with Crippen molar-refractivity contribution in [3.8, 4) is 0 Å². The molecule has 2 saturated heterocycles. The Labute approximate surface area is 82.9 Å². The van der Waals surface area contributed by atoms with Gasteiger partial charge in [-0.1, -0.05) is 15.9 Å². The third-order valence-corrected chi connectivity index (χ3v) is 3.54. The monoisotopic (exact) mass is 320 g/mol. The normalized spacial score (nSPS) is 49.2. The van der Waals surface area contributed by atoms with Crippen LogP contribution in [0.3, 0.4) is 0 Å². The van der Waals surface area contributed by atoms with E-state index in [-0.39, 0.29) is 0 Å². The summed E-state index contributed by atoms with van der Waals surface area (Å²) in [6, 6.07) is 0. The third kappa shape index (κ3) is 3.50. The van der Waals surface area contributed by atoms with Crippen molar-refractivity contribution in [3.05, 3.63) is 0 Å². The summed E-state index contributed by atoms with van der Waals surface area (Å²) in [4.78, 5) is 0. The minimum Gasteiger partial charge on any atom is -0.359 e. The number of hydrogen-bond acceptors (Lipinski definition) is 2. The lowest BCUT2D eigenvalue weighted by atomic mass is 10.6. The summed E-state index contributed by atoms with van der Waals surface area (Å²) in [5, 5.41) is 0.363. The number of halogens is 2. The van der Waals surface area contributed by atoms with Crippen molar-refractivity contribution in [2.24, 2.45) is 0 Å². The molecule has 0 bridgehead atoms. The molecule has 2 aliphatic heterocycles. The van der Waals surface area contributed by atoms with Gasteiger partial charge >= 0.3 is 0 Å². The minimum absolute atomic E-state index is 0.363. The second-order valence-electron chi connectivity index (χ2n) is 2.38. The molecule has 10 heavy (non-hydrogen) atoms. The Morgan fingerprint density at radius 2 is 1.40 bits per heavy atom. The van der Waals surface area contributed by atoms with Gasteiger partial charge in [-0.15, -0.1) is 0 Å². The molecular formula is C6H10BrIO2. The van der Waals surface area contributed by atoms with Gasteiger partial charge < -0.3 is 9.47 Å². The van der Waals surface area contributed by atoms with Crippen LogP contribution in [0.5, 0.6) is 0 Å². The van der Waals surface area contributed by atoms with Crippen LogP contribution >= 0.6 is 38.5 Å². The standard InChI is InChI=1S/C3H5BrO.C3H5IO/c2*1-2-3(4)5-2/h2*2-3H,1H3. The fourth-order valence-electron chi connectivity index (χ4n) is 0.319. The van der Waals surface area contributed by atoms with E-state index in [1.54, 1.807) is 0 Å². The van der Waals surface area contributed by atoms with Crippen molar-refractivity contribution in [3.63, 3.8) is 0 Å². The summed E-state index contributed by atoms with van der Waals surface area (Å²) in [7, 11) is 0. The maximum Gasteiger partial charge on any atom is 0.138 e. The van der Waals surface area contributed by atoms with E-state index >= 15 is 0 Å². The van der Waals surface area contributed by atoms with Gasteiger partial charge in [0.15, 0.2) is 0 Å². The van der Waals surface area contributed by atoms with Gasteiger partial charge in [0.25, 0.3) is 0 Å². The molecule has 2 fully saturated rings. The van der Waals surface area contributed by atoms with E-state index < -0.39 is 0 Å². The van der Waals surface area contributed by atoms with Crippen molar-refractivity contribution in [1.29, 1.82) is 0 Å². The smallest absolute Gasteiger partial charge is 0.138 e. The molecule has 0 radical (unpaired) electrons. The largest absolute Gasteiger partial charge is 0.359 e. The zero-order valence-electron chi connectivity index (χ0n) is 5.88. The van der Waals surface area contributed by atoms with Crippen molar-refractivity contribution in [2.45, 2.75) is 35.2 Å². The van der Waals surface area contributed by atoms with Crippen molar-refractivity contribution < 1.29 is 9.47 Å². The Balaban J connectivity index is 0.0000001000. The Morgan fingerprint density at radius 3 is 1.40 bits per heavy atom. The fourth-order valence-corrected chi connectivity index (χ4v) is 1.12. The van der Waals surface area contributed by atoms with Crippen LogP contribution in [0.25, 0.3) is 0 Å². The molecule has 2 nitrogen and oxygen atoms in total. The summed E-state index contributed by atoms with van der Waals surface area (Å²) in [5.41, 5.74) is 0. The van der Waals surface area contributed by atoms with Gasteiger partial charge in [0, 0.05) is 0 Å². The van der Waals surface area contributed by atoms with E-state index in [0.29, 0.717) is 21.3 Å². The Hall–Kier alpha value is 1.13. The second kappa shape index (κ2) is 3.69. The van der Waals surface area contributed by atoms with Crippen LogP contribution in [0.15, 0.2) is 0 Å². The van der Waals surface area contributed by atoms with Gasteiger partial charge in [0.1, 0.15) is 9.12 Å². The molecule has 0 saturated carbocycles. The summed E-state index contributed by atoms with van der Waals surface area (Å²) in [6.07, 6.45) is 1.01. The number of epoxide rings is 2. The average Bonchev–Trinajstić information content (AvgIpc) is 2.62. The molecule has 2 rings (SSSR count). The van der Waals surface area contributed by atoms with Gasteiger partial charge in [-0.3, -0.25) is 0 Å².